The minimum atomic E-state index is -2.64. The molecule has 0 aromatic carbocycles. The van der Waals surface area contributed by atoms with Crippen LogP contribution in [-0.4, -0.2) is 89.1 Å². The summed E-state index contributed by atoms with van der Waals surface area (Å²) >= 11 is 0. The molecule has 1 atom stereocenters. The molecular formula is C15H21F2N5O. The van der Waals surface area contributed by atoms with E-state index in [1.807, 2.05) is 23.9 Å². The summed E-state index contributed by atoms with van der Waals surface area (Å²) in [6.07, 6.45) is 1.40. The Hall–Kier alpha value is -1.67. The summed E-state index contributed by atoms with van der Waals surface area (Å²) in [7, 11) is 3.78. The molecular weight excluding hydrogens is 304 g/mol. The number of amides is 1. The minimum Gasteiger partial charge on any atom is -0.334 e. The Morgan fingerprint density at radius 2 is 2.17 bits per heavy atom. The fraction of sp³-hybridized carbons (Fsp3) is 0.667. The molecule has 8 heteroatoms. The van der Waals surface area contributed by atoms with E-state index < -0.39 is 5.92 Å². The highest BCUT2D eigenvalue weighted by Crippen LogP contribution is 2.35. The van der Waals surface area contributed by atoms with E-state index in [0.717, 1.165) is 0 Å². The largest absolute Gasteiger partial charge is 0.334 e. The minimum absolute atomic E-state index is 0.00561. The Labute approximate surface area is 134 Å². The SMILES string of the molecule is CN(C)C[C@@H]1CC(F)(F)CN1C1CN(C(=O)c2cccnn2)C1. The van der Waals surface area contributed by atoms with Crippen LogP contribution in [0.3, 0.4) is 0 Å². The summed E-state index contributed by atoms with van der Waals surface area (Å²) in [5, 5.41) is 7.49. The van der Waals surface area contributed by atoms with Crippen LogP contribution < -0.4 is 0 Å². The molecule has 2 fully saturated rings. The van der Waals surface area contributed by atoms with E-state index in [9.17, 15) is 13.6 Å². The van der Waals surface area contributed by atoms with Gasteiger partial charge in [-0.05, 0) is 26.2 Å². The number of likely N-dealkylation sites (N-methyl/N-ethyl adjacent to an activating group) is 1. The fourth-order valence-corrected chi connectivity index (χ4v) is 3.35. The van der Waals surface area contributed by atoms with Crippen LogP contribution in [0.1, 0.15) is 16.9 Å². The highest BCUT2D eigenvalue weighted by molar-refractivity contribution is 5.92. The average Bonchev–Trinajstić information content (AvgIpc) is 2.72. The van der Waals surface area contributed by atoms with Crippen molar-refractivity contribution in [2.75, 3.05) is 40.3 Å². The number of rotatable bonds is 4. The second kappa shape index (κ2) is 6.09. The maximum Gasteiger partial charge on any atom is 0.274 e. The Balaban J connectivity index is 1.60. The predicted octanol–water partition coefficient (Wildman–Crippen LogP) is 0.572. The maximum atomic E-state index is 13.8. The Morgan fingerprint density at radius 1 is 1.43 bits per heavy atom. The van der Waals surface area contributed by atoms with E-state index in [1.54, 1.807) is 17.0 Å². The number of alkyl halides is 2. The van der Waals surface area contributed by atoms with Gasteiger partial charge in [-0.2, -0.15) is 5.10 Å². The first-order valence-corrected chi connectivity index (χ1v) is 7.71. The molecule has 0 spiro atoms. The number of aromatic nitrogens is 2. The van der Waals surface area contributed by atoms with E-state index in [-0.39, 0.29) is 31.0 Å². The van der Waals surface area contributed by atoms with Gasteiger partial charge in [-0.3, -0.25) is 9.69 Å². The molecule has 0 radical (unpaired) electrons. The zero-order valence-electron chi connectivity index (χ0n) is 13.3. The van der Waals surface area contributed by atoms with Crippen LogP contribution in [0.4, 0.5) is 8.78 Å². The third kappa shape index (κ3) is 3.48. The van der Waals surface area contributed by atoms with Crippen molar-refractivity contribution in [1.82, 2.24) is 24.9 Å². The van der Waals surface area contributed by atoms with Gasteiger partial charge in [0.2, 0.25) is 0 Å². The highest BCUT2D eigenvalue weighted by atomic mass is 19.3. The number of halogens is 2. The smallest absolute Gasteiger partial charge is 0.274 e. The molecule has 23 heavy (non-hydrogen) atoms. The lowest BCUT2D eigenvalue weighted by Crippen LogP contribution is -2.63. The van der Waals surface area contributed by atoms with Crippen molar-refractivity contribution in [2.45, 2.75) is 24.4 Å². The van der Waals surface area contributed by atoms with Crippen molar-refractivity contribution in [3.63, 3.8) is 0 Å². The summed E-state index contributed by atoms with van der Waals surface area (Å²) in [5.41, 5.74) is 0.294. The predicted molar refractivity (Wildman–Crippen MR) is 80.3 cm³/mol. The van der Waals surface area contributed by atoms with E-state index in [2.05, 4.69) is 10.2 Å². The van der Waals surface area contributed by atoms with Crippen molar-refractivity contribution < 1.29 is 13.6 Å². The zero-order valence-corrected chi connectivity index (χ0v) is 13.3. The van der Waals surface area contributed by atoms with Crippen molar-refractivity contribution in [3.8, 4) is 0 Å². The van der Waals surface area contributed by atoms with Gasteiger partial charge in [0.05, 0.1) is 6.54 Å². The molecule has 2 aliphatic rings. The topological polar surface area (TPSA) is 52.6 Å². The monoisotopic (exact) mass is 325 g/mol. The number of hydrogen-bond donors (Lipinski definition) is 0. The molecule has 0 unspecified atom stereocenters. The first-order valence-electron chi connectivity index (χ1n) is 7.71. The van der Waals surface area contributed by atoms with Crippen molar-refractivity contribution in [1.29, 1.82) is 0 Å². The molecule has 6 nitrogen and oxygen atoms in total. The molecule has 1 aromatic rings. The second-order valence-electron chi connectivity index (χ2n) is 6.62. The third-order valence-electron chi connectivity index (χ3n) is 4.40. The molecule has 2 saturated heterocycles. The highest BCUT2D eigenvalue weighted by Gasteiger charge is 2.50. The number of likely N-dealkylation sites (tertiary alicyclic amines) is 2. The Bertz CT molecular complexity index is 562. The van der Waals surface area contributed by atoms with Crippen LogP contribution in [0.2, 0.25) is 0 Å². The molecule has 0 bridgehead atoms. The van der Waals surface area contributed by atoms with Crippen LogP contribution in [0.5, 0.6) is 0 Å². The second-order valence-corrected chi connectivity index (χ2v) is 6.62. The fourth-order valence-electron chi connectivity index (χ4n) is 3.35. The van der Waals surface area contributed by atoms with Gasteiger partial charge in [-0.1, -0.05) is 0 Å². The molecule has 1 aromatic heterocycles. The zero-order chi connectivity index (χ0) is 16.6. The Kier molecular flexibility index (Phi) is 4.29. The van der Waals surface area contributed by atoms with Crippen molar-refractivity contribution in [2.24, 2.45) is 0 Å². The van der Waals surface area contributed by atoms with Crippen molar-refractivity contribution in [3.05, 3.63) is 24.0 Å². The van der Waals surface area contributed by atoms with Crippen LogP contribution in [-0.2, 0) is 0 Å². The van der Waals surface area contributed by atoms with Gasteiger partial charge in [0, 0.05) is 44.3 Å². The lowest BCUT2D eigenvalue weighted by atomic mass is 10.0. The summed E-state index contributed by atoms with van der Waals surface area (Å²) < 4.78 is 27.6. The van der Waals surface area contributed by atoms with Crippen LogP contribution in [0, 0.1) is 0 Å². The van der Waals surface area contributed by atoms with Crippen LogP contribution >= 0.6 is 0 Å². The standard InChI is InChI=1S/C15H21F2N5O/c1-20(2)7-11-6-15(16,17)10-22(11)12-8-21(9-12)14(23)13-4-3-5-18-19-13/h3-5,11-12H,6-10H2,1-2H3/t11-/m0/s1. The van der Waals surface area contributed by atoms with Gasteiger partial charge in [0.25, 0.3) is 11.8 Å². The number of carbonyl (C=O) groups excluding carboxylic acids is 1. The number of carbonyl (C=O) groups is 1. The summed E-state index contributed by atoms with van der Waals surface area (Å²) in [6.45, 7) is 1.32. The summed E-state index contributed by atoms with van der Waals surface area (Å²) in [6, 6.07) is 3.10. The molecule has 0 N–H and O–H groups in total. The molecule has 126 valence electrons. The van der Waals surface area contributed by atoms with Crippen LogP contribution in [0.25, 0.3) is 0 Å². The van der Waals surface area contributed by atoms with E-state index in [4.69, 9.17) is 0 Å². The van der Waals surface area contributed by atoms with Gasteiger partial charge in [0.15, 0.2) is 5.69 Å². The van der Waals surface area contributed by atoms with Crippen LogP contribution in [0.15, 0.2) is 18.3 Å². The van der Waals surface area contributed by atoms with Gasteiger partial charge >= 0.3 is 0 Å². The first kappa shape index (κ1) is 16.2. The molecule has 3 heterocycles. The quantitative estimate of drug-likeness (QED) is 0.810. The summed E-state index contributed by atoms with van der Waals surface area (Å²) in [4.78, 5) is 17.7. The first-order chi connectivity index (χ1) is 10.9. The van der Waals surface area contributed by atoms with Gasteiger partial charge in [-0.15, -0.1) is 5.10 Å². The molecule has 3 rings (SSSR count). The number of nitrogens with zero attached hydrogens (tertiary/aromatic N) is 5. The van der Waals surface area contributed by atoms with Gasteiger partial charge < -0.3 is 9.80 Å². The van der Waals surface area contributed by atoms with E-state index in [0.29, 0.717) is 25.3 Å². The normalized spacial score (nSPS) is 24.9. The molecule has 2 aliphatic heterocycles. The lowest BCUT2D eigenvalue weighted by molar-refractivity contribution is -0.0116. The van der Waals surface area contributed by atoms with Crippen molar-refractivity contribution >= 4 is 5.91 Å². The van der Waals surface area contributed by atoms with Gasteiger partial charge in [-0.25, -0.2) is 8.78 Å². The molecule has 0 saturated carbocycles. The molecule has 1 amide bonds. The molecule has 0 aliphatic carbocycles. The summed E-state index contributed by atoms with van der Waals surface area (Å²) in [5.74, 6) is -2.83. The van der Waals surface area contributed by atoms with E-state index in [1.165, 1.54) is 6.20 Å². The van der Waals surface area contributed by atoms with Gasteiger partial charge in [0.1, 0.15) is 0 Å². The third-order valence-corrected chi connectivity index (χ3v) is 4.40. The average molecular weight is 325 g/mol. The lowest BCUT2D eigenvalue weighted by Gasteiger charge is -2.46. The number of hydrogen-bond acceptors (Lipinski definition) is 5. The van der Waals surface area contributed by atoms with E-state index >= 15 is 0 Å². The maximum absolute atomic E-state index is 13.8. The Morgan fingerprint density at radius 3 is 2.78 bits per heavy atom.